The lowest BCUT2D eigenvalue weighted by Gasteiger charge is -2.12. The molecule has 0 spiro atoms. The second kappa shape index (κ2) is 6.93. The van der Waals surface area contributed by atoms with Crippen LogP contribution in [-0.4, -0.2) is 29.9 Å². The van der Waals surface area contributed by atoms with E-state index in [0.717, 1.165) is 5.56 Å². The Kier molecular flexibility index (Phi) is 4.41. The van der Waals surface area contributed by atoms with Gasteiger partial charge in [0.05, 0.1) is 17.1 Å². The number of rotatable bonds is 3. The van der Waals surface area contributed by atoms with E-state index in [9.17, 15) is 13.2 Å². The molecule has 0 aliphatic heterocycles. The summed E-state index contributed by atoms with van der Waals surface area (Å²) in [5.41, 5.74) is 7.45. The van der Waals surface area contributed by atoms with Crippen molar-refractivity contribution in [2.75, 3.05) is 11.1 Å². The largest absolute Gasteiger partial charge is 0.421 e. The minimum Gasteiger partial charge on any atom is -0.383 e. The summed E-state index contributed by atoms with van der Waals surface area (Å²) in [6, 6.07) is 5.19. The number of fused-ring (bicyclic) bond motifs is 1. The lowest BCUT2D eigenvalue weighted by atomic mass is 10.1. The van der Waals surface area contributed by atoms with Crippen LogP contribution < -0.4 is 11.1 Å². The van der Waals surface area contributed by atoms with Crippen molar-refractivity contribution < 1.29 is 13.2 Å². The molecule has 4 heterocycles. The molecule has 0 aliphatic carbocycles. The number of hydrogen-bond acceptors (Lipinski definition) is 8. The van der Waals surface area contributed by atoms with E-state index in [0.29, 0.717) is 34.3 Å². The van der Waals surface area contributed by atoms with Crippen molar-refractivity contribution in [2.24, 2.45) is 0 Å². The molecule has 29 heavy (non-hydrogen) atoms. The van der Waals surface area contributed by atoms with Gasteiger partial charge in [0, 0.05) is 24.0 Å². The topological polar surface area (TPSA) is 115 Å². The molecule has 0 saturated carbocycles. The molecule has 0 radical (unpaired) electrons. The zero-order valence-corrected chi connectivity index (χ0v) is 14.9. The first kappa shape index (κ1) is 18.5. The van der Waals surface area contributed by atoms with E-state index < -0.39 is 17.6 Å². The summed E-state index contributed by atoms with van der Waals surface area (Å²) in [4.78, 5) is 24.4. The third-order valence-corrected chi connectivity index (χ3v) is 4.11. The Balaban J connectivity index is 1.70. The standard InChI is InChI=1S/C18H13F3N8/c1-9-6-23-8-26-14(9)13-3-2-10-12(4-5-24-16(10)27-13)28-17-25-7-11(15(22)29-17)18(19,20)21/h2-8H,1H3,(H3,22,24,25,27,28,29). The number of halogens is 3. The lowest BCUT2D eigenvalue weighted by molar-refractivity contribution is -0.137. The molecule has 0 aromatic carbocycles. The Morgan fingerprint density at radius 1 is 1.00 bits per heavy atom. The molecule has 0 amide bonds. The molecule has 0 aliphatic rings. The number of anilines is 3. The van der Waals surface area contributed by atoms with Gasteiger partial charge in [-0.25, -0.2) is 24.9 Å². The number of nitrogens with two attached hydrogens (primary N) is 1. The number of aromatic nitrogens is 6. The van der Waals surface area contributed by atoms with Gasteiger partial charge < -0.3 is 11.1 Å². The minimum absolute atomic E-state index is 0.0706. The van der Waals surface area contributed by atoms with Crippen molar-refractivity contribution >= 4 is 28.5 Å². The summed E-state index contributed by atoms with van der Waals surface area (Å²) in [7, 11) is 0. The third-order valence-electron chi connectivity index (χ3n) is 4.11. The predicted molar refractivity (Wildman–Crippen MR) is 100 cm³/mol. The maximum Gasteiger partial charge on any atom is 0.421 e. The highest BCUT2D eigenvalue weighted by Gasteiger charge is 2.34. The van der Waals surface area contributed by atoms with E-state index >= 15 is 0 Å². The Labute approximate surface area is 162 Å². The van der Waals surface area contributed by atoms with Crippen molar-refractivity contribution in [1.29, 1.82) is 0 Å². The van der Waals surface area contributed by atoms with Gasteiger partial charge in [0.2, 0.25) is 5.95 Å². The quantitative estimate of drug-likeness (QED) is 0.539. The molecule has 4 rings (SSSR count). The molecule has 4 aromatic rings. The van der Waals surface area contributed by atoms with Gasteiger partial charge in [-0.05, 0) is 30.7 Å². The van der Waals surface area contributed by atoms with Crippen molar-refractivity contribution in [2.45, 2.75) is 13.1 Å². The van der Waals surface area contributed by atoms with Crippen LogP contribution in [0.3, 0.4) is 0 Å². The predicted octanol–water partition coefficient (Wildman–Crippen LogP) is 3.53. The molecule has 0 unspecified atom stereocenters. The minimum atomic E-state index is -4.62. The number of alkyl halides is 3. The van der Waals surface area contributed by atoms with Crippen molar-refractivity contribution in [1.82, 2.24) is 29.9 Å². The Morgan fingerprint density at radius 3 is 2.55 bits per heavy atom. The van der Waals surface area contributed by atoms with Gasteiger partial charge in [-0.2, -0.15) is 18.2 Å². The highest BCUT2D eigenvalue weighted by molar-refractivity contribution is 5.91. The Bertz CT molecular complexity index is 1210. The van der Waals surface area contributed by atoms with E-state index in [2.05, 4.69) is 35.2 Å². The molecule has 11 heteroatoms. The zero-order chi connectivity index (χ0) is 20.6. The summed E-state index contributed by atoms with van der Waals surface area (Å²) in [5, 5.41) is 3.49. The molecular weight excluding hydrogens is 385 g/mol. The highest BCUT2D eigenvalue weighted by Crippen LogP contribution is 2.33. The number of nitrogens with zero attached hydrogens (tertiary/aromatic N) is 6. The first-order chi connectivity index (χ1) is 13.8. The number of nitrogen functional groups attached to an aromatic ring is 1. The average molecular weight is 398 g/mol. The van der Waals surface area contributed by atoms with E-state index in [-0.39, 0.29) is 5.95 Å². The summed E-state index contributed by atoms with van der Waals surface area (Å²) < 4.78 is 38.4. The van der Waals surface area contributed by atoms with E-state index in [1.54, 1.807) is 24.4 Å². The maximum atomic E-state index is 12.8. The lowest BCUT2D eigenvalue weighted by Crippen LogP contribution is -2.12. The summed E-state index contributed by atoms with van der Waals surface area (Å²) in [6.07, 6.45) is 0.660. The van der Waals surface area contributed by atoms with E-state index in [1.807, 2.05) is 6.92 Å². The van der Waals surface area contributed by atoms with Gasteiger partial charge in [0.15, 0.2) is 5.65 Å². The molecule has 3 N–H and O–H groups in total. The van der Waals surface area contributed by atoms with E-state index in [1.165, 1.54) is 12.5 Å². The summed E-state index contributed by atoms with van der Waals surface area (Å²) in [5.74, 6) is -0.730. The van der Waals surface area contributed by atoms with Crippen LogP contribution in [0.2, 0.25) is 0 Å². The fourth-order valence-electron chi connectivity index (χ4n) is 2.73. The molecule has 0 atom stereocenters. The van der Waals surface area contributed by atoms with Crippen LogP contribution in [-0.2, 0) is 6.18 Å². The van der Waals surface area contributed by atoms with Crippen LogP contribution >= 0.6 is 0 Å². The monoisotopic (exact) mass is 398 g/mol. The molecule has 4 aromatic heterocycles. The Morgan fingerprint density at radius 2 is 1.83 bits per heavy atom. The van der Waals surface area contributed by atoms with E-state index in [4.69, 9.17) is 5.73 Å². The fourth-order valence-corrected chi connectivity index (χ4v) is 2.73. The maximum absolute atomic E-state index is 12.8. The first-order valence-electron chi connectivity index (χ1n) is 8.32. The van der Waals surface area contributed by atoms with Gasteiger partial charge in [0.25, 0.3) is 0 Å². The fraction of sp³-hybridized carbons (Fsp3) is 0.111. The van der Waals surface area contributed by atoms with Gasteiger partial charge >= 0.3 is 6.18 Å². The molecular formula is C18H13F3N8. The van der Waals surface area contributed by atoms with Crippen molar-refractivity contribution in [3.63, 3.8) is 0 Å². The van der Waals surface area contributed by atoms with Crippen LogP contribution in [0.25, 0.3) is 22.4 Å². The van der Waals surface area contributed by atoms with Crippen LogP contribution in [0.4, 0.5) is 30.6 Å². The average Bonchev–Trinajstić information content (AvgIpc) is 2.67. The first-order valence-corrected chi connectivity index (χ1v) is 8.32. The second-order valence-corrected chi connectivity index (χ2v) is 6.10. The molecule has 0 bridgehead atoms. The van der Waals surface area contributed by atoms with Crippen LogP contribution in [0.5, 0.6) is 0 Å². The number of pyridine rings is 2. The van der Waals surface area contributed by atoms with Crippen LogP contribution in [0.1, 0.15) is 11.1 Å². The third kappa shape index (κ3) is 3.61. The normalized spacial score (nSPS) is 11.6. The molecule has 8 nitrogen and oxygen atoms in total. The summed E-state index contributed by atoms with van der Waals surface area (Å²) in [6.45, 7) is 1.87. The molecule has 0 saturated heterocycles. The SMILES string of the molecule is Cc1cncnc1-c1ccc2c(Nc3ncc(C(F)(F)F)c(N)n3)ccnc2n1. The van der Waals surface area contributed by atoms with Crippen molar-refractivity contribution in [3.8, 4) is 11.4 Å². The van der Waals surface area contributed by atoms with Gasteiger partial charge in [-0.3, -0.25) is 0 Å². The number of hydrogen-bond donors (Lipinski definition) is 2. The number of aryl methyl sites for hydroxylation is 1. The van der Waals surface area contributed by atoms with Crippen LogP contribution in [0.15, 0.2) is 43.1 Å². The van der Waals surface area contributed by atoms with Gasteiger partial charge in [-0.1, -0.05) is 0 Å². The number of nitrogens with one attached hydrogen (secondary N) is 1. The highest BCUT2D eigenvalue weighted by atomic mass is 19.4. The van der Waals surface area contributed by atoms with Crippen molar-refractivity contribution in [3.05, 3.63) is 54.2 Å². The zero-order valence-electron chi connectivity index (χ0n) is 14.9. The van der Waals surface area contributed by atoms with Gasteiger partial charge in [-0.15, -0.1) is 0 Å². The van der Waals surface area contributed by atoms with Crippen LogP contribution in [0, 0.1) is 6.92 Å². The molecule has 0 fully saturated rings. The summed E-state index contributed by atoms with van der Waals surface area (Å²) >= 11 is 0. The molecule has 146 valence electrons. The second-order valence-electron chi connectivity index (χ2n) is 6.10. The smallest absolute Gasteiger partial charge is 0.383 e. The Hall–Kier alpha value is -3.89. The van der Waals surface area contributed by atoms with Gasteiger partial charge in [0.1, 0.15) is 17.7 Å².